The van der Waals surface area contributed by atoms with Crippen LogP contribution in [-0.2, 0) is 11.4 Å². The number of thiazole rings is 1. The molecule has 0 radical (unpaired) electrons. The molecule has 0 saturated carbocycles. The van der Waals surface area contributed by atoms with E-state index < -0.39 is 0 Å². The van der Waals surface area contributed by atoms with E-state index in [1.807, 2.05) is 19.9 Å². The van der Waals surface area contributed by atoms with E-state index in [-0.39, 0.29) is 11.8 Å². The van der Waals surface area contributed by atoms with Crippen molar-refractivity contribution in [2.75, 3.05) is 10.6 Å². The first kappa shape index (κ1) is 20.5. The van der Waals surface area contributed by atoms with Crippen LogP contribution in [0.3, 0.4) is 0 Å². The van der Waals surface area contributed by atoms with Gasteiger partial charge in [-0.15, -0.1) is 0 Å². The Morgan fingerprint density at radius 1 is 1.13 bits per heavy atom. The highest BCUT2D eigenvalue weighted by atomic mass is 32.1. The number of hydrogen-bond donors (Lipinski definition) is 2. The van der Waals surface area contributed by atoms with Crippen molar-refractivity contribution in [3.05, 3.63) is 65.0 Å². The Bertz CT molecular complexity index is 1260. The second kappa shape index (κ2) is 8.57. The summed E-state index contributed by atoms with van der Waals surface area (Å²) in [4.78, 5) is 28.4. The molecule has 2 heterocycles. The lowest BCUT2D eigenvalue weighted by Crippen LogP contribution is -2.11. The number of ether oxygens (including phenoxy) is 1. The first-order valence-corrected chi connectivity index (χ1v) is 10.3. The molecule has 158 valence electrons. The maximum atomic E-state index is 12.7. The smallest absolute Gasteiger partial charge is 0.257 e. The number of aromatic nitrogens is 2. The first-order valence-electron chi connectivity index (χ1n) is 9.53. The minimum atomic E-state index is -0.288. The Labute approximate surface area is 182 Å². The van der Waals surface area contributed by atoms with Gasteiger partial charge in [-0.05, 0) is 50.2 Å². The molecule has 8 nitrogen and oxygen atoms in total. The molecular formula is C22H20N4O4S. The summed E-state index contributed by atoms with van der Waals surface area (Å²) in [5.41, 5.74) is 3.55. The number of benzene rings is 2. The zero-order valence-corrected chi connectivity index (χ0v) is 18.0. The average Bonchev–Trinajstić information content (AvgIpc) is 3.27. The molecule has 4 rings (SSSR count). The number of carbonyl (C=O) groups is 2. The van der Waals surface area contributed by atoms with Gasteiger partial charge in [0.15, 0.2) is 5.13 Å². The third-order valence-electron chi connectivity index (χ3n) is 4.59. The van der Waals surface area contributed by atoms with E-state index >= 15 is 0 Å². The number of nitrogens with one attached hydrogen (secondary N) is 2. The number of nitrogens with zero attached hydrogens (tertiary/aromatic N) is 2. The zero-order chi connectivity index (χ0) is 22.0. The molecular weight excluding hydrogens is 416 g/mol. The molecule has 0 aliphatic carbocycles. The highest BCUT2D eigenvalue weighted by molar-refractivity contribution is 7.22. The number of carbonyl (C=O) groups excluding carboxylic acids is 2. The van der Waals surface area contributed by atoms with Crippen LogP contribution in [-0.4, -0.2) is 22.0 Å². The van der Waals surface area contributed by atoms with E-state index in [0.717, 1.165) is 21.5 Å². The van der Waals surface area contributed by atoms with Crippen molar-refractivity contribution in [1.29, 1.82) is 0 Å². The summed E-state index contributed by atoms with van der Waals surface area (Å²) in [5.74, 6) is 0.846. The Hall–Kier alpha value is -3.72. The van der Waals surface area contributed by atoms with E-state index in [4.69, 9.17) is 9.26 Å². The third kappa shape index (κ3) is 4.72. The fourth-order valence-corrected chi connectivity index (χ4v) is 3.92. The molecule has 0 aliphatic heterocycles. The molecule has 31 heavy (non-hydrogen) atoms. The standard InChI is InChI=1S/C22H20N4O4S/c1-12-18(13(2)30-26-12)11-29-17-6-4-5-15(9-17)21(28)25-22-24-19-8-7-16(23-14(3)27)10-20(19)31-22/h4-10H,11H2,1-3H3,(H,23,27)(H,24,25,28). The van der Waals surface area contributed by atoms with Crippen molar-refractivity contribution in [3.63, 3.8) is 0 Å². The van der Waals surface area contributed by atoms with Gasteiger partial charge < -0.3 is 14.6 Å². The van der Waals surface area contributed by atoms with Crippen LogP contribution in [0.5, 0.6) is 5.75 Å². The van der Waals surface area contributed by atoms with Crippen LogP contribution < -0.4 is 15.4 Å². The van der Waals surface area contributed by atoms with E-state index in [9.17, 15) is 9.59 Å². The largest absolute Gasteiger partial charge is 0.489 e. The average molecular weight is 436 g/mol. The monoisotopic (exact) mass is 436 g/mol. The number of rotatable bonds is 6. The normalized spacial score (nSPS) is 10.8. The molecule has 4 aromatic rings. The predicted molar refractivity (Wildman–Crippen MR) is 119 cm³/mol. The van der Waals surface area contributed by atoms with E-state index in [1.54, 1.807) is 36.4 Å². The van der Waals surface area contributed by atoms with Crippen LogP contribution in [0, 0.1) is 13.8 Å². The zero-order valence-electron chi connectivity index (χ0n) is 17.2. The molecule has 0 unspecified atom stereocenters. The molecule has 0 spiro atoms. The molecule has 0 atom stereocenters. The van der Waals surface area contributed by atoms with Gasteiger partial charge >= 0.3 is 0 Å². The molecule has 2 aromatic carbocycles. The minimum Gasteiger partial charge on any atom is -0.489 e. The molecule has 0 aliphatic rings. The number of aryl methyl sites for hydroxylation is 2. The Balaban J connectivity index is 1.46. The minimum absolute atomic E-state index is 0.145. The van der Waals surface area contributed by atoms with Gasteiger partial charge in [0.1, 0.15) is 18.1 Å². The second-order valence-corrected chi connectivity index (χ2v) is 7.99. The SMILES string of the molecule is CC(=O)Nc1ccc2nc(NC(=O)c3cccc(OCc4c(C)noc4C)c3)sc2c1. The van der Waals surface area contributed by atoms with Crippen LogP contribution in [0.1, 0.15) is 34.3 Å². The van der Waals surface area contributed by atoms with Crippen molar-refractivity contribution in [2.24, 2.45) is 0 Å². The Morgan fingerprint density at radius 3 is 2.71 bits per heavy atom. The maximum Gasteiger partial charge on any atom is 0.257 e. The number of fused-ring (bicyclic) bond motifs is 1. The number of amides is 2. The molecule has 0 bridgehead atoms. The molecule has 9 heteroatoms. The fourth-order valence-electron chi connectivity index (χ4n) is 3.02. The van der Waals surface area contributed by atoms with Gasteiger partial charge in [0.05, 0.1) is 21.5 Å². The molecule has 2 N–H and O–H groups in total. The van der Waals surface area contributed by atoms with Crippen molar-refractivity contribution >= 4 is 44.2 Å². The van der Waals surface area contributed by atoms with Crippen LogP contribution in [0.25, 0.3) is 10.2 Å². The van der Waals surface area contributed by atoms with E-state index in [2.05, 4.69) is 20.8 Å². The van der Waals surface area contributed by atoms with Gasteiger partial charge in [-0.25, -0.2) is 4.98 Å². The summed E-state index contributed by atoms with van der Waals surface area (Å²) >= 11 is 1.33. The highest BCUT2D eigenvalue weighted by Crippen LogP contribution is 2.29. The summed E-state index contributed by atoms with van der Waals surface area (Å²) < 4.78 is 11.8. The van der Waals surface area contributed by atoms with Gasteiger partial charge in [-0.3, -0.25) is 14.9 Å². The predicted octanol–water partition coefficient (Wildman–Crippen LogP) is 4.69. The van der Waals surface area contributed by atoms with E-state index in [0.29, 0.717) is 34.5 Å². The summed E-state index contributed by atoms with van der Waals surface area (Å²) in [6.07, 6.45) is 0. The fraction of sp³-hybridized carbons (Fsp3) is 0.182. The summed E-state index contributed by atoms with van der Waals surface area (Å²) in [6, 6.07) is 12.3. The van der Waals surface area contributed by atoms with Crippen molar-refractivity contribution < 1.29 is 18.8 Å². The molecule has 2 amide bonds. The highest BCUT2D eigenvalue weighted by Gasteiger charge is 2.13. The molecule has 2 aromatic heterocycles. The van der Waals surface area contributed by atoms with Crippen molar-refractivity contribution in [3.8, 4) is 5.75 Å². The third-order valence-corrected chi connectivity index (χ3v) is 5.52. The summed E-state index contributed by atoms with van der Waals surface area (Å²) in [6.45, 7) is 5.45. The number of anilines is 2. The van der Waals surface area contributed by atoms with Gasteiger partial charge in [-0.1, -0.05) is 22.6 Å². The van der Waals surface area contributed by atoms with Crippen LogP contribution in [0.2, 0.25) is 0 Å². The van der Waals surface area contributed by atoms with Crippen LogP contribution >= 0.6 is 11.3 Å². The van der Waals surface area contributed by atoms with E-state index in [1.165, 1.54) is 18.3 Å². The van der Waals surface area contributed by atoms with Gasteiger partial charge in [0, 0.05) is 18.2 Å². The second-order valence-electron chi connectivity index (χ2n) is 6.96. The molecule has 0 fully saturated rings. The van der Waals surface area contributed by atoms with Crippen molar-refractivity contribution in [2.45, 2.75) is 27.4 Å². The molecule has 0 saturated heterocycles. The number of hydrogen-bond acceptors (Lipinski definition) is 7. The van der Waals surface area contributed by atoms with Crippen LogP contribution in [0.4, 0.5) is 10.8 Å². The quantitative estimate of drug-likeness (QED) is 0.454. The van der Waals surface area contributed by atoms with Crippen LogP contribution in [0.15, 0.2) is 47.0 Å². The first-order chi connectivity index (χ1) is 14.9. The summed E-state index contributed by atoms with van der Waals surface area (Å²) in [7, 11) is 0. The lowest BCUT2D eigenvalue weighted by Gasteiger charge is -2.08. The Kier molecular flexibility index (Phi) is 5.68. The van der Waals surface area contributed by atoms with Gasteiger partial charge in [0.25, 0.3) is 5.91 Å². The Morgan fingerprint density at radius 2 is 1.97 bits per heavy atom. The topological polar surface area (TPSA) is 106 Å². The van der Waals surface area contributed by atoms with Gasteiger partial charge in [0.2, 0.25) is 5.91 Å². The lowest BCUT2D eigenvalue weighted by atomic mass is 10.2. The van der Waals surface area contributed by atoms with Crippen molar-refractivity contribution in [1.82, 2.24) is 10.1 Å². The van der Waals surface area contributed by atoms with Gasteiger partial charge in [-0.2, -0.15) is 0 Å². The maximum absolute atomic E-state index is 12.7. The summed E-state index contributed by atoms with van der Waals surface area (Å²) in [5, 5.41) is 9.95. The lowest BCUT2D eigenvalue weighted by molar-refractivity contribution is -0.114.